The summed E-state index contributed by atoms with van der Waals surface area (Å²) in [7, 11) is -9.51. The van der Waals surface area contributed by atoms with E-state index >= 15 is 0 Å². The summed E-state index contributed by atoms with van der Waals surface area (Å²) in [5.41, 5.74) is -3.07. The van der Waals surface area contributed by atoms with Gasteiger partial charge >= 0.3 is 27.9 Å². The zero-order valence-electron chi connectivity index (χ0n) is 11.2. The monoisotopic (exact) mass is 340 g/mol. The summed E-state index contributed by atoms with van der Waals surface area (Å²) in [6, 6.07) is 0. The normalized spacial score (nSPS) is 10.6. The molecule has 0 aliphatic heterocycles. The standard InChI is InChI=1S/C6H13O6P.2BFH2O2/c1-3-11-13(10,12-4-2)6(8,9)5-7;2*2-1(3)4/h5,8-9H,3-4H2,1-2H3;2*3-4H. The average Bonchev–Trinajstić information content (AvgIpc) is 2.27. The van der Waals surface area contributed by atoms with Gasteiger partial charge in [0, 0.05) is 0 Å². The molecule has 15 heteroatoms. The highest BCUT2D eigenvalue weighted by molar-refractivity contribution is 7.56. The smallest absolute Gasteiger partial charge is 0.398 e. The largest absolute Gasteiger partial charge is 0.674 e. The van der Waals surface area contributed by atoms with Crippen LogP contribution in [0.1, 0.15) is 13.8 Å². The molecular formula is C6H17B2F2O10P. The molecule has 0 radical (unpaired) electrons. The Morgan fingerprint density at radius 2 is 1.29 bits per heavy atom. The number of aldehydes is 1. The molecule has 21 heavy (non-hydrogen) atoms. The second kappa shape index (κ2) is 13.2. The lowest BCUT2D eigenvalue weighted by Crippen LogP contribution is -2.32. The summed E-state index contributed by atoms with van der Waals surface area (Å²) >= 11 is 0. The topological polar surface area (TPSA) is 174 Å². The minimum atomic E-state index is -4.18. The van der Waals surface area contributed by atoms with Gasteiger partial charge in [-0.3, -0.25) is 18.0 Å². The van der Waals surface area contributed by atoms with Crippen molar-refractivity contribution in [3.05, 3.63) is 0 Å². The van der Waals surface area contributed by atoms with Crippen LogP contribution in [-0.4, -0.2) is 70.1 Å². The van der Waals surface area contributed by atoms with Crippen LogP contribution in [0.4, 0.5) is 8.63 Å². The van der Waals surface area contributed by atoms with E-state index in [1.807, 2.05) is 0 Å². The molecular weight excluding hydrogens is 323 g/mol. The summed E-state index contributed by atoms with van der Waals surface area (Å²) in [6.45, 7) is 2.89. The van der Waals surface area contributed by atoms with Crippen molar-refractivity contribution in [1.29, 1.82) is 0 Å². The molecule has 0 saturated carbocycles. The molecule has 0 aliphatic rings. The first-order valence-electron chi connectivity index (χ1n) is 5.20. The minimum absolute atomic E-state index is 0.0476. The quantitative estimate of drug-likeness (QED) is 0.137. The molecule has 0 aromatic rings. The lowest BCUT2D eigenvalue weighted by atomic mass is 10.3. The molecule has 0 aromatic heterocycles. The molecule has 0 unspecified atom stereocenters. The Morgan fingerprint density at radius 3 is 1.43 bits per heavy atom. The molecule has 10 nitrogen and oxygen atoms in total. The van der Waals surface area contributed by atoms with Crippen molar-refractivity contribution in [2.24, 2.45) is 0 Å². The van der Waals surface area contributed by atoms with E-state index in [1.165, 1.54) is 13.8 Å². The third kappa shape index (κ3) is 15.8. The second-order valence-electron chi connectivity index (χ2n) is 2.76. The lowest BCUT2D eigenvalue weighted by Gasteiger charge is -2.24. The first kappa shape index (κ1) is 25.5. The zero-order valence-corrected chi connectivity index (χ0v) is 12.1. The van der Waals surface area contributed by atoms with Crippen molar-refractivity contribution in [2.45, 2.75) is 19.4 Å². The van der Waals surface area contributed by atoms with Crippen LogP contribution in [0, 0.1) is 0 Å². The van der Waals surface area contributed by atoms with Crippen molar-refractivity contribution in [3.8, 4) is 0 Å². The minimum Gasteiger partial charge on any atom is -0.398 e. The van der Waals surface area contributed by atoms with Gasteiger partial charge in [0.25, 0.3) is 0 Å². The molecule has 0 aliphatic carbocycles. The predicted octanol–water partition coefficient (Wildman–Crippen LogP) is -2.06. The van der Waals surface area contributed by atoms with E-state index in [-0.39, 0.29) is 19.5 Å². The number of aliphatic hydroxyl groups is 2. The van der Waals surface area contributed by atoms with Gasteiger partial charge in [-0.2, -0.15) is 0 Å². The third-order valence-corrected chi connectivity index (χ3v) is 3.27. The number of rotatable bonds is 6. The molecule has 6 N–H and O–H groups in total. The Morgan fingerprint density at radius 1 is 1.05 bits per heavy atom. The molecule has 0 atom stereocenters. The Kier molecular flexibility index (Phi) is 16.1. The van der Waals surface area contributed by atoms with Crippen LogP contribution in [0.3, 0.4) is 0 Å². The van der Waals surface area contributed by atoms with Crippen molar-refractivity contribution < 1.29 is 57.3 Å². The predicted molar refractivity (Wildman–Crippen MR) is 66.7 cm³/mol. The van der Waals surface area contributed by atoms with Crippen LogP contribution >= 0.6 is 7.60 Å². The average molecular weight is 340 g/mol. The first-order valence-corrected chi connectivity index (χ1v) is 6.75. The van der Waals surface area contributed by atoms with E-state index in [0.29, 0.717) is 0 Å². The fourth-order valence-corrected chi connectivity index (χ4v) is 1.90. The SMILES string of the molecule is CCOP(=O)(OCC)C(O)(O)C=O.OB(O)F.OB(O)F. The third-order valence-electron chi connectivity index (χ3n) is 1.16. The van der Waals surface area contributed by atoms with E-state index in [0.717, 1.165) is 0 Å². The maximum atomic E-state index is 11.5. The van der Waals surface area contributed by atoms with Crippen LogP contribution in [0.5, 0.6) is 0 Å². The fraction of sp³-hybridized carbons (Fsp3) is 0.833. The summed E-state index contributed by atoms with van der Waals surface area (Å²) < 4.78 is 40.8. The van der Waals surface area contributed by atoms with Gasteiger partial charge in [-0.05, 0) is 13.8 Å². The van der Waals surface area contributed by atoms with E-state index in [4.69, 9.17) is 30.3 Å². The van der Waals surface area contributed by atoms with Gasteiger partial charge in [0.15, 0.2) is 6.29 Å². The number of carbonyl (C=O) groups is 1. The number of hydrogen-bond acceptors (Lipinski definition) is 10. The highest BCUT2D eigenvalue weighted by atomic mass is 31.2. The maximum absolute atomic E-state index is 11.5. The van der Waals surface area contributed by atoms with E-state index in [9.17, 15) is 18.0 Å². The fourth-order valence-electron chi connectivity index (χ4n) is 0.632. The number of hydrogen-bond donors (Lipinski definition) is 6. The zero-order chi connectivity index (χ0) is 17.7. The molecule has 0 fully saturated rings. The molecule has 0 amide bonds. The molecule has 0 saturated heterocycles. The molecule has 0 bridgehead atoms. The van der Waals surface area contributed by atoms with Crippen LogP contribution in [0.25, 0.3) is 0 Å². The summed E-state index contributed by atoms with van der Waals surface area (Å²) in [6.07, 6.45) is -0.279. The van der Waals surface area contributed by atoms with Gasteiger partial charge in [-0.1, -0.05) is 0 Å². The van der Waals surface area contributed by atoms with E-state index < -0.39 is 27.9 Å². The summed E-state index contributed by atoms with van der Waals surface area (Å²) in [5, 5.41) is 45.7. The van der Waals surface area contributed by atoms with Gasteiger partial charge < -0.3 is 39.4 Å². The van der Waals surface area contributed by atoms with Crippen molar-refractivity contribution in [1.82, 2.24) is 0 Å². The molecule has 0 heterocycles. The van der Waals surface area contributed by atoms with E-state index in [1.54, 1.807) is 0 Å². The highest BCUT2D eigenvalue weighted by Crippen LogP contribution is 2.56. The Hall–Kier alpha value is -0.430. The van der Waals surface area contributed by atoms with Gasteiger partial charge in [-0.15, -0.1) is 0 Å². The Balaban J connectivity index is -0.000000334. The van der Waals surface area contributed by atoms with Gasteiger partial charge in [0.2, 0.25) is 0 Å². The van der Waals surface area contributed by atoms with Crippen molar-refractivity contribution >= 4 is 28.7 Å². The van der Waals surface area contributed by atoms with Crippen molar-refractivity contribution in [3.63, 3.8) is 0 Å². The number of halogens is 2. The Labute approximate surface area is 119 Å². The summed E-state index contributed by atoms with van der Waals surface area (Å²) in [5.74, 6) is 0. The lowest BCUT2D eigenvalue weighted by molar-refractivity contribution is -0.147. The molecule has 126 valence electrons. The first-order chi connectivity index (χ1) is 9.40. The molecule has 0 spiro atoms. The highest BCUT2D eigenvalue weighted by Gasteiger charge is 2.49. The van der Waals surface area contributed by atoms with Crippen LogP contribution in [-0.2, 0) is 18.4 Å². The van der Waals surface area contributed by atoms with Crippen LogP contribution < -0.4 is 0 Å². The van der Waals surface area contributed by atoms with Gasteiger partial charge in [0.1, 0.15) is 0 Å². The van der Waals surface area contributed by atoms with Gasteiger partial charge in [0.05, 0.1) is 13.2 Å². The number of carbonyl (C=O) groups excluding carboxylic acids is 1. The summed E-state index contributed by atoms with van der Waals surface area (Å²) in [4.78, 5) is 10.2. The van der Waals surface area contributed by atoms with Crippen LogP contribution in [0.15, 0.2) is 0 Å². The molecule has 0 rings (SSSR count). The maximum Gasteiger partial charge on any atom is 0.674 e. The Bertz CT molecular complexity index is 284. The van der Waals surface area contributed by atoms with Crippen molar-refractivity contribution in [2.75, 3.05) is 13.2 Å². The van der Waals surface area contributed by atoms with E-state index in [2.05, 4.69) is 9.05 Å². The molecule has 0 aromatic carbocycles. The van der Waals surface area contributed by atoms with Crippen LogP contribution in [0.2, 0.25) is 0 Å². The second-order valence-corrected chi connectivity index (χ2v) is 4.93. The van der Waals surface area contributed by atoms with Gasteiger partial charge in [-0.25, -0.2) is 0 Å².